The molecule has 0 aliphatic carbocycles. The minimum atomic E-state index is -0.477. The van der Waals surface area contributed by atoms with Crippen LogP contribution >= 0.6 is 11.6 Å². The zero-order chi connectivity index (χ0) is 24.0. The second kappa shape index (κ2) is 10.6. The number of anilines is 3. The molecular formula is C24H28ClN5O3. The predicted molar refractivity (Wildman–Crippen MR) is 130 cm³/mol. The molecule has 0 aliphatic heterocycles. The lowest BCUT2D eigenvalue weighted by Gasteiger charge is -2.24. The van der Waals surface area contributed by atoms with Gasteiger partial charge in [0.25, 0.3) is 5.91 Å². The van der Waals surface area contributed by atoms with Crippen molar-refractivity contribution < 1.29 is 15.0 Å². The van der Waals surface area contributed by atoms with E-state index in [0.717, 1.165) is 11.1 Å². The summed E-state index contributed by atoms with van der Waals surface area (Å²) in [6.45, 7) is 3.59. The number of rotatable bonds is 9. The first-order valence-corrected chi connectivity index (χ1v) is 10.9. The highest BCUT2D eigenvalue weighted by atomic mass is 35.5. The van der Waals surface area contributed by atoms with Crippen LogP contribution in [0.4, 0.5) is 17.5 Å². The van der Waals surface area contributed by atoms with Crippen molar-refractivity contribution in [2.75, 3.05) is 30.9 Å². The summed E-state index contributed by atoms with van der Waals surface area (Å²) < 4.78 is 0. The highest BCUT2D eigenvalue weighted by Crippen LogP contribution is 2.32. The van der Waals surface area contributed by atoms with Crippen molar-refractivity contribution in [3.8, 4) is 0 Å². The second-order valence-corrected chi connectivity index (χ2v) is 8.59. The number of nitrogens with one attached hydrogen (secondary N) is 3. The Balaban J connectivity index is 1.91. The van der Waals surface area contributed by atoms with Gasteiger partial charge >= 0.3 is 0 Å². The SMILES string of the molecule is CNC(=O)c1cnc(Nc2ccc(C(C)(C)CO)c(Cl)c2)nc1N[C@H](CO)c1ccccc1. The van der Waals surface area contributed by atoms with Gasteiger partial charge in [-0.05, 0) is 23.3 Å². The van der Waals surface area contributed by atoms with Crippen LogP contribution in [0.25, 0.3) is 0 Å². The van der Waals surface area contributed by atoms with Gasteiger partial charge in [-0.2, -0.15) is 4.98 Å². The fraction of sp³-hybridized carbons (Fsp3) is 0.292. The van der Waals surface area contributed by atoms with Crippen LogP contribution in [0.1, 0.15) is 41.4 Å². The lowest BCUT2D eigenvalue weighted by molar-refractivity contribution is 0.0963. The van der Waals surface area contributed by atoms with E-state index in [2.05, 4.69) is 25.9 Å². The summed E-state index contributed by atoms with van der Waals surface area (Å²) in [6, 6.07) is 14.3. The number of hydrogen-bond donors (Lipinski definition) is 5. The van der Waals surface area contributed by atoms with Gasteiger partial charge in [0.1, 0.15) is 11.4 Å². The van der Waals surface area contributed by atoms with Crippen LogP contribution in [0.2, 0.25) is 5.02 Å². The molecule has 0 radical (unpaired) electrons. The first-order chi connectivity index (χ1) is 15.8. The number of aliphatic hydroxyl groups is 2. The number of carbonyl (C=O) groups is 1. The number of aromatic nitrogens is 2. The van der Waals surface area contributed by atoms with Crippen molar-refractivity contribution in [1.29, 1.82) is 0 Å². The molecule has 0 saturated heterocycles. The van der Waals surface area contributed by atoms with E-state index in [9.17, 15) is 15.0 Å². The van der Waals surface area contributed by atoms with E-state index in [1.807, 2.05) is 56.3 Å². The Labute approximate surface area is 198 Å². The van der Waals surface area contributed by atoms with Crippen molar-refractivity contribution >= 4 is 35.0 Å². The summed E-state index contributed by atoms with van der Waals surface area (Å²) in [7, 11) is 1.52. The van der Waals surface area contributed by atoms with Crippen LogP contribution in [-0.4, -0.2) is 46.3 Å². The smallest absolute Gasteiger partial charge is 0.256 e. The van der Waals surface area contributed by atoms with E-state index in [-0.39, 0.29) is 36.5 Å². The fourth-order valence-electron chi connectivity index (χ4n) is 3.29. The molecule has 33 heavy (non-hydrogen) atoms. The molecule has 3 aromatic rings. The van der Waals surface area contributed by atoms with Crippen LogP contribution in [0.15, 0.2) is 54.7 Å². The number of halogens is 1. The lowest BCUT2D eigenvalue weighted by Crippen LogP contribution is -2.23. The van der Waals surface area contributed by atoms with Gasteiger partial charge in [0.15, 0.2) is 0 Å². The number of benzene rings is 2. The molecule has 0 spiro atoms. The molecule has 1 amide bonds. The summed E-state index contributed by atoms with van der Waals surface area (Å²) >= 11 is 6.45. The molecule has 0 bridgehead atoms. The molecule has 1 heterocycles. The maximum atomic E-state index is 12.4. The fourth-order valence-corrected chi connectivity index (χ4v) is 3.73. The molecule has 0 aliphatic rings. The van der Waals surface area contributed by atoms with Crippen LogP contribution in [0.5, 0.6) is 0 Å². The van der Waals surface area contributed by atoms with Gasteiger partial charge in [-0.25, -0.2) is 4.98 Å². The van der Waals surface area contributed by atoms with Gasteiger partial charge in [-0.1, -0.05) is 61.8 Å². The van der Waals surface area contributed by atoms with Crippen molar-refractivity contribution in [3.63, 3.8) is 0 Å². The van der Waals surface area contributed by atoms with Crippen molar-refractivity contribution in [1.82, 2.24) is 15.3 Å². The molecule has 0 unspecified atom stereocenters. The molecular weight excluding hydrogens is 442 g/mol. The second-order valence-electron chi connectivity index (χ2n) is 8.19. The minimum absolute atomic E-state index is 0.0357. The summed E-state index contributed by atoms with van der Waals surface area (Å²) in [5.41, 5.74) is 2.09. The number of nitrogens with zero attached hydrogens (tertiary/aromatic N) is 2. The van der Waals surface area contributed by atoms with Gasteiger partial charge in [-0.15, -0.1) is 0 Å². The molecule has 1 aromatic heterocycles. The Bertz CT molecular complexity index is 1110. The predicted octanol–water partition coefficient (Wildman–Crippen LogP) is 3.65. The first-order valence-electron chi connectivity index (χ1n) is 10.5. The molecule has 9 heteroatoms. The number of hydrogen-bond acceptors (Lipinski definition) is 7. The Morgan fingerprint density at radius 2 is 1.88 bits per heavy atom. The maximum absolute atomic E-state index is 12.4. The van der Waals surface area contributed by atoms with E-state index in [4.69, 9.17) is 11.6 Å². The molecule has 0 saturated carbocycles. The van der Waals surface area contributed by atoms with E-state index in [1.54, 1.807) is 6.07 Å². The van der Waals surface area contributed by atoms with Crippen molar-refractivity contribution in [2.24, 2.45) is 0 Å². The third kappa shape index (κ3) is 5.78. The number of aliphatic hydroxyl groups excluding tert-OH is 2. The summed E-state index contributed by atoms with van der Waals surface area (Å²) in [6.07, 6.45) is 1.42. The number of carbonyl (C=O) groups excluding carboxylic acids is 1. The van der Waals surface area contributed by atoms with Gasteiger partial charge < -0.3 is 26.2 Å². The molecule has 2 aromatic carbocycles. The molecule has 5 N–H and O–H groups in total. The first kappa shape index (κ1) is 24.4. The van der Waals surface area contributed by atoms with Gasteiger partial charge in [-0.3, -0.25) is 4.79 Å². The third-order valence-corrected chi connectivity index (χ3v) is 5.62. The summed E-state index contributed by atoms with van der Waals surface area (Å²) in [5.74, 6) is 0.173. The number of amides is 1. The highest BCUT2D eigenvalue weighted by Gasteiger charge is 2.23. The van der Waals surface area contributed by atoms with E-state index < -0.39 is 11.5 Å². The van der Waals surface area contributed by atoms with E-state index in [0.29, 0.717) is 10.7 Å². The Hall–Kier alpha value is -3.20. The van der Waals surface area contributed by atoms with Gasteiger partial charge in [0, 0.05) is 29.4 Å². The Morgan fingerprint density at radius 1 is 1.15 bits per heavy atom. The average Bonchev–Trinajstić information content (AvgIpc) is 2.82. The zero-order valence-electron chi connectivity index (χ0n) is 18.8. The largest absolute Gasteiger partial charge is 0.395 e. The standard InChI is InChI=1S/C24H28ClN5O3/c1-24(2,14-32)18-10-9-16(11-19(18)25)28-23-27-12-17(22(33)26-3)21(30-23)29-20(13-31)15-7-5-4-6-8-15/h4-12,20,31-32H,13-14H2,1-3H3,(H,26,33)(H2,27,28,29,30)/t20-/m1/s1. The van der Waals surface area contributed by atoms with Crippen molar-refractivity contribution in [2.45, 2.75) is 25.3 Å². The molecule has 3 rings (SSSR count). The monoisotopic (exact) mass is 469 g/mol. The third-order valence-electron chi connectivity index (χ3n) is 5.31. The molecule has 1 atom stereocenters. The Kier molecular flexibility index (Phi) is 7.86. The normalized spacial score (nSPS) is 12.2. The topological polar surface area (TPSA) is 119 Å². The summed E-state index contributed by atoms with van der Waals surface area (Å²) in [4.78, 5) is 21.1. The minimum Gasteiger partial charge on any atom is -0.395 e. The van der Waals surface area contributed by atoms with Crippen LogP contribution in [0.3, 0.4) is 0 Å². The lowest BCUT2D eigenvalue weighted by atomic mass is 9.85. The molecule has 174 valence electrons. The molecule has 0 fully saturated rings. The highest BCUT2D eigenvalue weighted by molar-refractivity contribution is 6.31. The summed E-state index contributed by atoms with van der Waals surface area (Å²) in [5, 5.41) is 28.9. The zero-order valence-corrected chi connectivity index (χ0v) is 19.5. The van der Waals surface area contributed by atoms with E-state index in [1.165, 1.54) is 13.2 Å². The molecule has 8 nitrogen and oxygen atoms in total. The van der Waals surface area contributed by atoms with Crippen molar-refractivity contribution in [3.05, 3.63) is 76.4 Å². The van der Waals surface area contributed by atoms with E-state index >= 15 is 0 Å². The Morgan fingerprint density at radius 3 is 2.48 bits per heavy atom. The quantitative estimate of drug-likeness (QED) is 0.324. The van der Waals surface area contributed by atoms with Crippen LogP contribution < -0.4 is 16.0 Å². The maximum Gasteiger partial charge on any atom is 0.256 e. The van der Waals surface area contributed by atoms with Gasteiger partial charge in [0.05, 0.1) is 19.3 Å². The van der Waals surface area contributed by atoms with Crippen LogP contribution in [-0.2, 0) is 5.41 Å². The van der Waals surface area contributed by atoms with Crippen LogP contribution in [0, 0.1) is 0 Å². The van der Waals surface area contributed by atoms with Gasteiger partial charge in [0.2, 0.25) is 5.95 Å². The average molecular weight is 470 g/mol.